The van der Waals surface area contributed by atoms with E-state index in [0.29, 0.717) is 25.8 Å². The predicted octanol–water partition coefficient (Wildman–Crippen LogP) is 0.809. The fourth-order valence-corrected chi connectivity index (χ4v) is 5.00. The van der Waals surface area contributed by atoms with Crippen LogP contribution >= 0.6 is 0 Å². The van der Waals surface area contributed by atoms with Crippen molar-refractivity contribution in [1.29, 1.82) is 0 Å². The summed E-state index contributed by atoms with van der Waals surface area (Å²) in [6, 6.07) is -0.348. The van der Waals surface area contributed by atoms with Crippen LogP contribution in [0.3, 0.4) is 0 Å². The predicted molar refractivity (Wildman–Crippen MR) is 73.0 cm³/mol. The van der Waals surface area contributed by atoms with Crippen molar-refractivity contribution < 1.29 is 23.1 Å². The lowest BCUT2D eigenvalue weighted by atomic mass is 10.1. The Labute approximate surface area is 119 Å². The summed E-state index contributed by atoms with van der Waals surface area (Å²) >= 11 is 0. The average molecular weight is 303 g/mol. The zero-order valence-electron chi connectivity index (χ0n) is 11.5. The molecule has 1 atom stereocenters. The molecule has 0 radical (unpaired) electrons. The minimum absolute atomic E-state index is 0.102. The number of carbonyl (C=O) groups excluding carboxylic acids is 1. The number of carboxylic acids is 1. The van der Waals surface area contributed by atoms with Crippen LogP contribution in [-0.4, -0.2) is 53.9 Å². The third-order valence-corrected chi connectivity index (χ3v) is 6.38. The van der Waals surface area contributed by atoms with Gasteiger partial charge in [-0.05, 0) is 25.7 Å². The smallest absolute Gasteiger partial charge is 0.305 e. The molecule has 2 rings (SSSR count). The van der Waals surface area contributed by atoms with Gasteiger partial charge in [0.1, 0.15) is 5.75 Å². The minimum atomic E-state index is -3.39. The summed E-state index contributed by atoms with van der Waals surface area (Å²) in [6.07, 6.45) is 4.39. The van der Waals surface area contributed by atoms with Gasteiger partial charge in [0, 0.05) is 12.6 Å². The molecule has 1 aliphatic carbocycles. The second-order valence-electron chi connectivity index (χ2n) is 5.69. The van der Waals surface area contributed by atoms with Gasteiger partial charge in [-0.1, -0.05) is 12.8 Å². The molecule has 2 fully saturated rings. The first kappa shape index (κ1) is 15.3. The molecule has 0 aromatic carbocycles. The number of rotatable bonds is 5. The van der Waals surface area contributed by atoms with Crippen LogP contribution in [0, 0.1) is 0 Å². The van der Waals surface area contributed by atoms with Gasteiger partial charge in [-0.3, -0.25) is 9.59 Å². The molecule has 20 heavy (non-hydrogen) atoms. The van der Waals surface area contributed by atoms with Gasteiger partial charge < -0.3 is 10.0 Å². The first-order valence-electron chi connectivity index (χ1n) is 7.13. The van der Waals surface area contributed by atoms with E-state index in [-0.39, 0.29) is 17.7 Å². The number of carboxylic acid groups (broad SMARTS) is 1. The summed E-state index contributed by atoms with van der Waals surface area (Å²) in [5.74, 6) is -1.85. The van der Waals surface area contributed by atoms with Crippen LogP contribution in [0.1, 0.15) is 44.9 Å². The molecule has 1 amide bonds. The van der Waals surface area contributed by atoms with Gasteiger partial charge in [-0.25, -0.2) is 8.42 Å². The highest BCUT2D eigenvalue weighted by Crippen LogP contribution is 2.26. The highest BCUT2D eigenvalue weighted by molar-refractivity contribution is 7.92. The van der Waals surface area contributed by atoms with Gasteiger partial charge in [-0.2, -0.15) is 0 Å². The van der Waals surface area contributed by atoms with Crippen LogP contribution in [0.4, 0.5) is 0 Å². The third-order valence-electron chi connectivity index (χ3n) is 4.24. The topological polar surface area (TPSA) is 91.8 Å². The van der Waals surface area contributed by atoms with Crippen molar-refractivity contribution >= 4 is 21.7 Å². The molecule has 1 N–H and O–H groups in total. The van der Waals surface area contributed by atoms with Crippen molar-refractivity contribution in [2.45, 2.75) is 56.2 Å². The lowest BCUT2D eigenvalue weighted by molar-refractivity contribution is -0.139. The monoisotopic (exact) mass is 303 g/mol. The molecule has 1 saturated heterocycles. The SMILES string of the molecule is O=C(O)C[C@@H]1CCCN1C(=O)CS(=O)(=O)C1CCCC1. The molecule has 1 saturated carbocycles. The number of likely N-dealkylation sites (tertiary alicyclic amines) is 1. The largest absolute Gasteiger partial charge is 0.481 e. The molecule has 0 aromatic heterocycles. The molecule has 6 nitrogen and oxygen atoms in total. The second kappa shape index (κ2) is 6.11. The Balaban J connectivity index is 1.98. The maximum absolute atomic E-state index is 12.2. The lowest BCUT2D eigenvalue weighted by Gasteiger charge is -2.24. The zero-order valence-corrected chi connectivity index (χ0v) is 12.3. The fraction of sp³-hybridized carbons (Fsp3) is 0.846. The first-order valence-corrected chi connectivity index (χ1v) is 8.84. The second-order valence-corrected chi connectivity index (χ2v) is 7.98. The molecule has 1 heterocycles. The lowest BCUT2D eigenvalue weighted by Crippen LogP contribution is -2.41. The standard InChI is InChI=1S/C13H21NO5S/c15-12(9-20(18,19)11-5-1-2-6-11)14-7-3-4-10(14)8-13(16)17/h10-11H,1-9H2,(H,16,17)/t10-/m0/s1. The van der Waals surface area contributed by atoms with Crippen LogP contribution in [0.5, 0.6) is 0 Å². The number of sulfone groups is 1. The van der Waals surface area contributed by atoms with Gasteiger partial charge in [0.05, 0.1) is 11.7 Å². The van der Waals surface area contributed by atoms with Crippen LogP contribution in [0.15, 0.2) is 0 Å². The number of hydrogen-bond donors (Lipinski definition) is 1. The van der Waals surface area contributed by atoms with E-state index in [1.165, 1.54) is 4.90 Å². The van der Waals surface area contributed by atoms with E-state index in [1.807, 2.05) is 0 Å². The summed E-state index contributed by atoms with van der Waals surface area (Å²) in [7, 11) is -3.39. The van der Waals surface area contributed by atoms with Crippen molar-refractivity contribution in [3.63, 3.8) is 0 Å². The molecule has 2 aliphatic rings. The Kier molecular flexibility index (Phi) is 4.67. The molecule has 0 bridgehead atoms. The Morgan fingerprint density at radius 3 is 2.35 bits per heavy atom. The van der Waals surface area contributed by atoms with E-state index in [9.17, 15) is 18.0 Å². The normalized spacial score (nSPS) is 24.2. The molecule has 1 aliphatic heterocycles. The molecule has 0 aromatic rings. The van der Waals surface area contributed by atoms with Gasteiger partial charge >= 0.3 is 5.97 Å². The van der Waals surface area contributed by atoms with Crippen LogP contribution in [0.25, 0.3) is 0 Å². The van der Waals surface area contributed by atoms with Gasteiger partial charge in [0.15, 0.2) is 9.84 Å². The van der Waals surface area contributed by atoms with Crippen molar-refractivity contribution in [2.24, 2.45) is 0 Å². The Morgan fingerprint density at radius 2 is 1.75 bits per heavy atom. The summed E-state index contributed by atoms with van der Waals surface area (Å²) in [4.78, 5) is 24.4. The fourth-order valence-electron chi connectivity index (χ4n) is 3.20. The van der Waals surface area contributed by atoms with Crippen LogP contribution in [-0.2, 0) is 19.4 Å². The summed E-state index contributed by atoms with van der Waals surface area (Å²) in [5, 5.41) is 8.44. The number of amides is 1. The number of aliphatic carboxylic acids is 1. The number of hydrogen-bond acceptors (Lipinski definition) is 4. The molecule has 7 heteroatoms. The Bertz CT molecular complexity index is 481. The van der Waals surface area contributed by atoms with Crippen molar-refractivity contribution in [3.05, 3.63) is 0 Å². The Hall–Kier alpha value is -1.11. The molecular formula is C13H21NO5S. The minimum Gasteiger partial charge on any atom is -0.481 e. The van der Waals surface area contributed by atoms with E-state index in [4.69, 9.17) is 5.11 Å². The Morgan fingerprint density at radius 1 is 1.10 bits per heavy atom. The number of carbonyl (C=O) groups is 2. The van der Waals surface area contributed by atoms with Crippen LogP contribution in [0.2, 0.25) is 0 Å². The molecule has 0 unspecified atom stereocenters. The van der Waals surface area contributed by atoms with Gasteiger partial charge in [0.25, 0.3) is 0 Å². The highest BCUT2D eigenvalue weighted by Gasteiger charge is 2.36. The number of nitrogens with zero attached hydrogens (tertiary/aromatic N) is 1. The molecule has 114 valence electrons. The van der Waals surface area contributed by atoms with Crippen molar-refractivity contribution in [1.82, 2.24) is 4.90 Å². The summed E-state index contributed by atoms with van der Waals surface area (Å²) < 4.78 is 24.3. The average Bonchev–Trinajstić information content (AvgIpc) is 2.97. The first-order chi connectivity index (χ1) is 9.40. The third kappa shape index (κ3) is 3.50. The van der Waals surface area contributed by atoms with Gasteiger partial charge in [-0.15, -0.1) is 0 Å². The maximum Gasteiger partial charge on any atom is 0.305 e. The maximum atomic E-state index is 12.2. The quantitative estimate of drug-likeness (QED) is 0.811. The van der Waals surface area contributed by atoms with Crippen LogP contribution < -0.4 is 0 Å². The summed E-state index contributed by atoms with van der Waals surface area (Å²) in [5.41, 5.74) is 0. The zero-order chi connectivity index (χ0) is 14.8. The van der Waals surface area contributed by atoms with Gasteiger partial charge in [0.2, 0.25) is 5.91 Å². The van der Waals surface area contributed by atoms with E-state index >= 15 is 0 Å². The van der Waals surface area contributed by atoms with Crippen molar-refractivity contribution in [2.75, 3.05) is 12.3 Å². The van der Waals surface area contributed by atoms with E-state index < -0.39 is 27.5 Å². The molecule has 0 spiro atoms. The molecular weight excluding hydrogens is 282 g/mol. The van der Waals surface area contributed by atoms with E-state index in [0.717, 1.165) is 19.3 Å². The highest BCUT2D eigenvalue weighted by atomic mass is 32.2. The van der Waals surface area contributed by atoms with E-state index in [1.54, 1.807) is 0 Å². The summed E-state index contributed by atoms with van der Waals surface area (Å²) in [6.45, 7) is 0.469. The van der Waals surface area contributed by atoms with Crippen molar-refractivity contribution in [3.8, 4) is 0 Å². The van der Waals surface area contributed by atoms with E-state index in [2.05, 4.69) is 0 Å².